The lowest BCUT2D eigenvalue weighted by molar-refractivity contribution is -0.128. The van der Waals surface area contributed by atoms with Crippen LogP contribution in [0.1, 0.15) is 33.1 Å². The van der Waals surface area contributed by atoms with Crippen LogP contribution in [0, 0.1) is 5.92 Å². The molecule has 3 rings (SSSR count). The van der Waals surface area contributed by atoms with Crippen molar-refractivity contribution >= 4 is 23.3 Å². The van der Waals surface area contributed by atoms with E-state index in [0.29, 0.717) is 25.4 Å². The van der Waals surface area contributed by atoms with Gasteiger partial charge >= 0.3 is 6.03 Å². The predicted molar refractivity (Wildman–Crippen MR) is 99.9 cm³/mol. The zero-order chi connectivity index (χ0) is 17.8. The number of anilines is 2. The van der Waals surface area contributed by atoms with E-state index in [1.54, 1.807) is 4.90 Å². The highest BCUT2D eigenvalue weighted by molar-refractivity contribution is 5.97. The van der Waals surface area contributed by atoms with Crippen LogP contribution in [0.25, 0.3) is 0 Å². The third kappa shape index (κ3) is 4.06. The third-order valence-electron chi connectivity index (χ3n) is 4.88. The average Bonchev–Trinajstić information content (AvgIpc) is 3.11. The van der Waals surface area contributed by atoms with Crippen molar-refractivity contribution in [3.63, 3.8) is 0 Å². The predicted octanol–water partition coefficient (Wildman–Crippen LogP) is 2.67. The second-order valence-corrected chi connectivity index (χ2v) is 7.27. The number of para-hydroxylation sites is 2. The summed E-state index contributed by atoms with van der Waals surface area (Å²) in [7, 11) is 0. The van der Waals surface area contributed by atoms with E-state index in [2.05, 4.69) is 35.4 Å². The summed E-state index contributed by atoms with van der Waals surface area (Å²) in [4.78, 5) is 29.1. The van der Waals surface area contributed by atoms with E-state index < -0.39 is 6.04 Å². The van der Waals surface area contributed by atoms with Crippen molar-refractivity contribution in [3.05, 3.63) is 24.3 Å². The van der Waals surface area contributed by atoms with E-state index >= 15 is 0 Å². The molecule has 0 saturated carbocycles. The number of nitrogens with one attached hydrogen (secondary N) is 2. The molecule has 0 radical (unpaired) electrons. The van der Waals surface area contributed by atoms with Crippen LogP contribution in [-0.2, 0) is 4.79 Å². The first-order valence-corrected chi connectivity index (χ1v) is 9.25. The summed E-state index contributed by atoms with van der Waals surface area (Å²) < 4.78 is 0. The molecule has 0 aromatic heterocycles. The van der Waals surface area contributed by atoms with Gasteiger partial charge in [-0.3, -0.25) is 4.79 Å². The SMILES string of the molecule is CC(C)CC1C(=O)NCCN1C(=O)Nc1ccccc1N1CCCC1. The molecule has 3 amide bonds. The fourth-order valence-electron chi connectivity index (χ4n) is 3.64. The van der Waals surface area contributed by atoms with Crippen LogP contribution < -0.4 is 15.5 Å². The fourth-order valence-corrected chi connectivity index (χ4v) is 3.64. The maximum absolute atomic E-state index is 12.9. The molecule has 2 aliphatic heterocycles. The van der Waals surface area contributed by atoms with E-state index in [0.717, 1.165) is 24.5 Å². The maximum Gasteiger partial charge on any atom is 0.322 e. The van der Waals surface area contributed by atoms with Crippen LogP contribution >= 0.6 is 0 Å². The number of carbonyl (C=O) groups is 2. The van der Waals surface area contributed by atoms with Crippen molar-refractivity contribution in [3.8, 4) is 0 Å². The monoisotopic (exact) mass is 344 g/mol. The smallest absolute Gasteiger partial charge is 0.322 e. The zero-order valence-corrected chi connectivity index (χ0v) is 15.1. The van der Waals surface area contributed by atoms with Gasteiger partial charge in [-0.1, -0.05) is 26.0 Å². The summed E-state index contributed by atoms with van der Waals surface area (Å²) in [5.74, 6) is 0.295. The number of carbonyl (C=O) groups excluding carboxylic acids is 2. The first kappa shape index (κ1) is 17.6. The van der Waals surface area contributed by atoms with E-state index in [9.17, 15) is 9.59 Å². The normalized spacial score (nSPS) is 20.8. The van der Waals surface area contributed by atoms with Gasteiger partial charge in [0, 0.05) is 26.2 Å². The molecule has 0 spiro atoms. The minimum absolute atomic E-state index is 0.0528. The Labute approximate surface area is 149 Å². The largest absolute Gasteiger partial charge is 0.370 e. The summed E-state index contributed by atoms with van der Waals surface area (Å²) in [6.07, 6.45) is 3.04. The Morgan fingerprint density at radius 1 is 1.24 bits per heavy atom. The van der Waals surface area contributed by atoms with Crippen LogP contribution in [0.4, 0.5) is 16.2 Å². The number of rotatable bonds is 4. The molecule has 6 nitrogen and oxygen atoms in total. The van der Waals surface area contributed by atoms with Crippen molar-refractivity contribution in [2.45, 2.75) is 39.2 Å². The molecule has 136 valence electrons. The van der Waals surface area contributed by atoms with Crippen LogP contribution in [-0.4, -0.2) is 49.1 Å². The molecule has 2 heterocycles. The molecule has 1 aromatic carbocycles. The summed E-state index contributed by atoms with van der Waals surface area (Å²) >= 11 is 0. The first-order chi connectivity index (χ1) is 12.1. The van der Waals surface area contributed by atoms with E-state index in [-0.39, 0.29) is 11.9 Å². The summed E-state index contributed by atoms with van der Waals surface area (Å²) in [5, 5.41) is 5.92. The van der Waals surface area contributed by atoms with Gasteiger partial charge in [-0.05, 0) is 37.3 Å². The van der Waals surface area contributed by atoms with Crippen LogP contribution in [0.3, 0.4) is 0 Å². The Hall–Kier alpha value is -2.24. The molecule has 2 aliphatic rings. The van der Waals surface area contributed by atoms with Gasteiger partial charge in [-0.15, -0.1) is 0 Å². The van der Waals surface area contributed by atoms with Crippen LogP contribution in [0.2, 0.25) is 0 Å². The van der Waals surface area contributed by atoms with Gasteiger partial charge in [0.25, 0.3) is 0 Å². The minimum Gasteiger partial charge on any atom is -0.370 e. The summed E-state index contributed by atoms with van der Waals surface area (Å²) in [5.41, 5.74) is 1.89. The number of benzene rings is 1. The van der Waals surface area contributed by atoms with Crippen molar-refractivity contribution in [1.82, 2.24) is 10.2 Å². The number of urea groups is 1. The highest BCUT2D eigenvalue weighted by Gasteiger charge is 2.33. The van der Waals surface area contributed by atoms with Gasteiger partial charge < -0.3 is 20.4 Å². The average molecular weight is 344 g/mol. The second-order valence-electron chi connectivity index (χ2n) is 7.27. The minimum atomic E-state index is -0.396. The molecule has 2 N–H and O–H groups in total. The van der Waals surface area contributed by atoms with E-state index in [4.69, 9.17) is 0 Å². The van der Waals surface area contributed by atoms with Gasteiger partial charge in [-0.25, -0.2) is 4.79 Å². The fraction of sp³-hybridized carbons (Fsp3) is 0.579. The second kappa shape index (κ2) is 7.76. The lowest BCUT2D eigenvalue weighted by Gasteiger charge is -2.36. The lowest BCUT2D eigenvalue weighted by Crippen LogP contribution is -2.58. The molecule has 0 bridgehead atoms. The van der Waals surface area contributed by atoms with Crippen molar-refractivity contribution in [1.29, 1.82) is 0 Å². The van der Waals surface area contributed by atoms with Gasteiger partial charge in [0.2, 0.25) is 5.91 Å². The third-order valence-corrected chi connectivity index (χ3v) is 4.88. The Morgan fingerprint density at radius 3 is 2.68 bits per heavy atom. The molecule has 1 unspecified atom stereocenters. The molecular formula is C19H28N4O2. The molecule has 25 heavy (non-hydrogen) atoms. The number of hydrogen-bond acceptors (Lipinski definition) is 3. The number of amides is 3. The van der Waals surface area contributed by atoms with Gasteiger partial charge in [0.1, 0.15) is 6.04 Å². The molecule has 2 saturated heterocycles. The van der Waals surface area contributed by atoms with E-state index in [1.807, 2.05) is 18.2 Å². The van der Waals surface area contributed by atoms with Crippen molar-refractivity contribution < 1.29 is 9.59 Å². The van der Waals surface area contributed by atoms with Crippen LogP contribution in [0.5, 0.6) is 0 Å². The number of nitrogens with zero attached hydrogens (tertiary/aromatic N) is 2. The molecule has 0 aliphatic carbocycles. The lowest BCUT2D eigenvalue weighted by atomic mass is 10.0. The summed E-state index contributed by atoms with van der Waals surface area (Å²) in [6, 6.07) is 7.34. The molecule has 2 fully saturated rings. The molecule has 6 heteroatoms. The van der Waals surface area contributed by atoms with Crippen LogP contribution in [0.15, 0.2) is 24.3 Å². The maximum atomic E-state index is 12.9. The Balaban J connectivity index is 1.76. The topological polar surface area (TPSA) is 64.7 Å². The molecular weight excluding hydrogens is 316 g/mol. The highest BCUT2D eigenvalue weighted by Crippen LogP contribution is 2.29. The quantitative estimate of drug-likeness (QED) is 0.883. The Morgan fingerprint density at radius 2 is 1.96 bits per heavy atom. The van der Waals surface area contributed by atoms with Gasteiger partial charge in [-0.2, -0.15) is 0 Å². The number of hydrogen-bond donors (Lipinski definition) is 2. The van der Waals surface area contributed by atoms with Gasteiger partial charge in [0.15, 0.2) is 0 Å². The van der Waals surface area contributed by atoms with Crippen molar-refractivity contribution in [2.75, 3.05) is 36.4 Å². The summed E-state index contributed by atoms with van der Waals surface area (Å²) in [6.45, 7) is 7.24. The zero-order valence-electron chi connectivity index (χ0n) is 15.1. The Bertz CT molecular complexity index is 626. The van der Waals surface area contributed by atoms with E-state index in [1.165, 1.54) is 12.8 Å². The number of piperazine rings is 1. The first-order valence-electron chi connectivity index (χ1n) is 9.25. The standard InChI is InChI=1S/C19H28N4O2/c1-14(2)13-17-18(24)20-9-12-23(17)19(25)21-15-7-3-4-8-16(15)22-10-5-6-11-22/h3-4,7-8,14,17H,5-6,9-13H2,1-2H3,(H,20,24)(H,21,25). The van der Waals surface area contributed by atoms with Gasteiger partial charge in [0.05, 0.1) is 11.4 Å². The highest BCUT2D eigenvalue weighted by atomic mass is 16.2. The van der Waals surface area contributed by atoms with Crippen molar-refractivity contribution in [2.24, 2.45) is 5.92 Å². The Kier molecular flexibility index (Phi) is 5.46. The molecule has 1 aromatic rings. The molecule has 1 atom stereocenters.